The number of rotatable bonds is 7. The van der Waals surface area contributed by atoms with E-state index in [0.717, 1.165) is 26.2 Å². The van der Waals surface area contributed by atoms with Gasteiger partial charge in [-0.25, -0.2) is 0 Å². The molecule has 0 fully saturated rings. The summed E-state index contributed by atoms with van der Waals surface area (Å²) in [6, 6.07) is 0.427. The van der Waals surface area contributed by atoms with Crippen LogP contribution in [-0.2, 0) is 4.74 Å². The zero-order chi connectivity index (χ0) is 8.53. The lowest BCUT2D eigenvalue weighted by Crippen LogP contribution is -2.34. The first-order valence-electron chi connectivity index (χ1n) is 4.32. The average molecular weight is 160 g/mol. The Kier molecular flexibility index (Phi) is 7.89. The maximum atomic E-state index is 5.42. The molecule has 68 valence electrons. The molecule has 0 aliphatic carbocycles. The Labute approximate surface area is 69.3 Å². The molecule has 0 radical (unpaired) electrons. The van der Waals surface area contributed by atoms with Gasteiger partial charge in [-0.15, -0.1) is 0 Å². The molecular formula is C8H20N2O. The zero-order valence-electron chi connectivity index (χ0n) is 7.60. The van der Waals surface area contributed by atoms with Gasteiger partial charge in [0, 0.05) is 25.8 Å². The van der Waals surface area contributed by atoms with Gasteiger partial charge in [-0.2, -0.15) is 0 Å². The third-order valence-electron chi connectivity index (χ3n) is 1.52. The second-order valence-corrected chi connectivity index (χ2v) is 2.64. The second kappa shape index (κ2) is 7.98. The van der Waals surface area contributed by atoms with E-state index in [1.807, 2.05) is 6.92 Å². The van der Waals surface area contributed by atoms with Gasteiger partial charge in [0.15, 0.2) is 0 Å². The van der Waals surface area contributed by atoms with Gasteiger partial charge in [-0.1, -0.05) is 0 Å². The molecule has 11 heavy (non-hydrogen) atoms. The van der Waals surface area contributed by atoms with Crippen LogP contribution in [0.15, 0.2) is 0 Å². The highest BCUT2D eigenvalue weighted by atomic mass is 16.5. The molecule has 0 aromatic carbocycles. The van der Waals surface area contributed by atoms with E-state index in [2.05, 4.69) is 12.2 Å². The summed E-state index contributed by atoms with van der Waals surface area (Å²) in [5.41, 5.74) is 5.42. The van der Waals surface area contributed by atoms with Crippen molar-refractivity contribution in [2.45, 2.75) is 26.3 Å². The molecule has 0 amide bonds. The summed E-state index contributed by atoms with van der Waals surface area (Å²) in [5, 5.41) is 3.29. The number of hydrogen-bond acceptors (Lipinski definition) is 3. The predicted molar refractivity (Wildman–Crippen MR) is 47.6 cm³/mol. The smallest absolute Gasteiger partial charge is 0.0477 e. The van der Waals surface area contributed by atoms with Crippen molar-refractivity contribution in [3.8, 4) is 0 Å². The van der Waals surface area contributed by atoms with E-state index >= 15 is 0 Å². The summed E-state index contributed by atoms with van der Waals surface area (Å²) in [6.07, 6.45) is 1.07. The van der Waals surface area contributed by atoms with E-state index in [0.29, 0.717) is 12.6 Å². The van der Waals surface area contributed by atoms with Crippen LogP contribution in [0.3, 0.4) is 0 Å². The highest BCUT2D eigenvalue weighted by molar-refractivity contribution is 4.59. The third kappa shape index (κ3) is 7.78. The third-order valence-corrected chi connectivity index (χ3v) is 1.52. The molecule has 0 aromatic rings. The largest absolute Gasteiger partial charge is 0.382 e. The SMILES string of the molecule is CCOCCCN[C@@H](C)CN. The van der Waals surface area contributed by atoms with Gasteiger partial charge in [-0.3, -0.25) is 0 Å². The van der Waals surface area contributed by atoms with Crippen molar-refractivity contribution in [2.24, 2.45) is 5.73 Å². The van der Waals surface area contributed by atoms with Gasteiger partial charge in [-0.05, 0) is 26.8 Å². The van der Waals surface area contributed by atoms with Crippen LogP contribution < -0.4 is 11.1 Å². The fraction of sp³-hybridized carbons (Fsp3) is 1.00. The van der Waals surface area contributed by atoms with Crippen molar-refractivity contribution in [3.05, 3.63) is 0 Å². The summed E-state index contributed by atoms with van der Waals surface area (Å²) in [6.45, 7) is 7.46. The van der Waals surface area contributed by atoms with Crippen molar-refractivity contribution in [1.82, 2.24) is 5.32 Å². The highest BCUT2D eigenvalue weighted by Crippen LogP contribution is 1.82. The number of nitrogens with one attached hydrogen (secondary N) is 1. The molecule has 0 heterocycles. The van der Waals surface area contributed by atoms with Crippen molar-refractivity contribution in [1.29, 1.82) is 0 Å². The van der Waals surface area contributed by atoms with Crippen molar-refractivity contribution in [3.63, 3.8) is 0 Å². The number of hydrogen-bond donors (Lipinski definition) is 2. The van der Waals surface area contributed by atoms with Crippen molar-refractivity contribution < 1.29 is 4.74 Å². The fourth-order valence-corrected chi connectivity index (χ4v) is 0.750. The summed E-state index contributed by atoms with van der Waals surface area (Å²) in [5.74, 6) is 0. The maximum absolute atomic E-state index is 5.42. The lowest BCUT2D eigenvalue weighted by molar-refractivity contribution is 0.144. The minimum Gasteiger partial charge on any atom is -0.382 e. The van der Waals surface area contributed by atoms with Crippen LogP contribution in [0.25, 0.3) is 0 Å². The molecule has 1 atom stereocenters. The minimum atomic E-state index is 0.427. The second-order valence-electron chi connectivity index (χ2n) is 2.64. The first-order chi connectivity index (χ1) is 5.31. The van der Waals surface area contributed by atoms with Crippen LogP contribution in [0, 0.1) is 0 Å². The standard InChI is InChI=1S/C8H20N2O/c1-3-11-6-4-5-10-8(2)7-9/h8,10H,3-7,9H2,1-2H3/t8-/m0/s1. The molecule has 3 N–H and O–H groups in total. The fourth-order valence-electron chi connectivity index (χ4n) is 0.750. The minimum absolute atomic E-state index is 0.427. The van der Waals surface area contributed by atoms with Crippen LogP contribution in [-0.4, -0.2) is 32.3 Å². The Balaban J connectivity index is 2.89. The van der Waals surface area contributed by atoms with Crippen LogP contribution in [0.4, 0.5) is 0 Å². The molecule has 3 heteroatoms. The lowest BCUT2D eigenvalue weighted by Gasteiger charge is -2.10. The Morgan fingerprint density at radius 1 is 1.55 bits per heavy atom. The van der Waals surface area contributed by atoms with Gasteiger partial charge in [0.1, 0.15) is 0 Å². The molecule has 3 nitrogen and oxygen atoms in total. The van der Waals surface area contributed by atoms with Crippen molar-refractivity contribution in [2.75, 3.05) is 26.3 Å². The van der Waals surface area contributed by atoms with Crippen molar-refractivity contribution >= 4 is 0 Å². The molecule has 0 saturated carbocycles. The summed E-state index contributed by atoms with van der Waals surface area (Å²) >= 11 is 0. The van der Waals surface area contributed by atoms with E-state index < -0.39 is 0 Å². The molecule has 0 rings (SSSR count). The van der Waals surface area contributed by atoms with Gasteiger partial charge in [0.05, 0.1) is 0 Å². The average Bonchev–Trinajstić information content (AvgIpc) is 2.04. The molecule has 0 aromatic heterocycles. The van der Waals surface area contributed by atoms with Crippen LogP contribution in [0.2, 0.25) is 0 Å². The van der Waals surface area contributed by atoms with Gasteiger partial charge >= 0.3 is 0 Å². The van der Waals surface area contributed by atoms with E-state index in [9.17, 15) is 0 Å². The molecular weight excluding hydrogens is 140 g/mol. The van der Waals surface area contributed by atoms with Crippen LogP contribution in [0.5, 0.6) is 0 Å². The molecule has 0 bridgehead atoms. The van der Waals surface area contributed by atoms with Crippen LogP contribution in [0.1, 0.15) is 20.3 Å². The van der Waals surface area contributed by atoms with Gasteiger partial charge < -0.3 is 15.8 Å². The van der Waals surface area contributed by atoms with E-state index in [4.69, 9.17) is 10.5 Å². The van der Waals surface area contributed by atoms with Crippen LogP contribution >= 0.6 is 0 Å². The number of ether oxygens (including phenoxy) is 1. The highest BCUT2D eigenvalue weighted by Gasteiger charge is 1.95. The van der Waals surface area contributed by atoms with E-state index in [1.165, 1.54) is 0 Å². The van der Waals surface area contributed by atoms with Gasteiger partial charge in [0.25, 0.3) is 0 Å². The van der Waals surface area contributed by atoms with E-state index in [1.54, 1.807) is 0 Å². The Bertz CT molecular complexity index is 78.5. The number of nitrogens with two attached hydrogens (primary N) is 1. The summed E-state index contributed by atoms with van der Waals surface area (Å²) in [4.78, 5) is 0. The Morgan fingerprint density at radius 3 is 2.82 bits per heavy atom. The Hall–Kier alpha value is -0.120. The first kappa shape index (κ1) is 10.9. The molecule has 0 unspecified atom stereocenters. The molecule has 0 aliphatic rings. The predicted octanol–water partition coefficient (Wildman–Crippen LogP) is 0.350. The molecule has 0 saturated heterocycles. The Morgan fingerprint density at radius 2 is 2.27 bits per heavy atom. The summed E-state index contributed by atoms with van der Waals surface area (Å²) < 4.78 is 5.18. The molecule has 0 spiro atoms. The lowest BCUT2D eigenvalue weighted by atomic mass is 10.3. The molecule has 0 aliphatic heterocycles. The van der Waals surface area contributed by atoms with E-state index in [-0.39, 0.29) is 0 Å². The maximum Gasteiger partial charge on any atom is 0.0477 e. The monoisotopic (exact) mass is 160 g/mol. The zero-order valence-corrected chi connectivity index (χ0v) is 7.60. The van der Waals surface area contributed by atoms with Gasteiger partial charge in [0.2, 0.25) is 0 Å². The normalized spacial score (nSPS) is 13.4. The summed E-state index contributed by atoms with van der Waals surface area (Å²) in [7, 11) is 0. The quantitative estimate of drug-likeness (QED) is 0.528. The first-order valence-corrected chi connectivity index (χ1v) is 4.32. The topological polar surface area (TPSA) is 47.3 Å².